The summed E-state index contributed by atoms with van der Waals surface area (Å²) in [5.41, 5.74) is 1.45. The lowest BCUT2D eigenvalue weighted by atomic mass is 10.1. The van der Waals surface area contributed by atoms with E-state index in [1.165, 1.54) is 12.1 Å². The van der Waals surface area contributed by atoms with Gasteiger partial charge in [0.2, 0.25) is 0 Å². The molecule has 0 bridgehead atoms. The highest BCUT2D eigenvalue weighted by molar-refractivity contribution is 5.95. The van der Waals surface area contributed by atoms with Gasteiger partial charge in [0.1, 0.15) is 11.6 Å². The topological polar surface area (TPSA) is 48.5 Å². The van der Waals surface area contributed by atoms with Crippen LogP contribution < -0.4 is 10.2 Å². The van der Waals surface area contributed by atoms with Crippen molar-refractivity contribution in [3.05, 3.63) is 59.5 Å². The molecule has 25 heavy (non-hydrogen) atoms. The average molecular weight is 342 g/mol. The Balaban J connectivity index is 1.67. The first-order valence-electron chi connectivity index (χ1n) is 8.49. The average Bonchev–Trinajstić information content (AvgIpc) is 2.63. The Morgan fingerprint density at radius 1 is 1.16 bits per heavy atom. The molecule has 132 valence electrons. The largest absolute Gasteiger partial charge is 0.354 e. The van der Waals surface area contributed by atoms with Crippen LogP contribution in [-0.2, 0) is 0 Å². The van der Waals surface area contributed by atoms with Crippen molar-refractivity contribution in [2.24, 2.45) is 0 Å². The number of nitrogens with zero attached hydrogens (tertiary/aromatic N) is 3. The molecule has 1 amide bonds. The van der Waals surface area contributed by atoms with Crippen LogP contribution in [0.3, 0.4) is 0 Å². The number of hydrogen-bond donors (Lipinski definition) is 1. The van der Waals surface area contributed by atoms with E-state index in [-0.39, 0.29) is 17.8 Å². The highest BCUT2D eigenvalue weighted by Gasteiger charge is 2.17. The molecule has 0 saturated carbocycles. The van der Waals surface area contributed by atoms with Crippen LogP contribution in [0.5, 0.6) is 0 Å². The molecule has 1 aliphatic heterocycles. The molecule has 0 radical (unpaired) electrons. The lowest BCUT2D eigenvalue weighted by molar-refractivity contribution is 0.0940. The lowest BCUT2D eigenvalue weighted by Gasteiger charge is -2.33. The summed E-state index contributed by atoms with van der Waals surface area (Å²) >= 11 is 0. The van der Waals surface area contributed by atoms with E-state index in [1.807, 2.05) is 13.0 Å². The zero-order valence-electron chi connectivity index (χ0n) is 14.6. The molecule has 1 aliphatic rings. The van der Waals surface area contributed by atoms with E-state index < -0.39 is 0 Å². The highest BCUT2D eigenvalue weighted by Crippen LogP contribution is 2.17. The Hall–Kier alpha value is -2.47. The lowest BCUT2D eigenvalue weighted by Crippen LogP contribution is -2.44. The molecule has 2 heterocycles. The fourth-order valence-corrected chi connectivity index (χ4v) is 2.88. The van der Waals surface area contributed by atoms with Crippen LogP contribution in [0.1, 0.15) is 28.9 Å². The quantitative estimate of drug-likeness (QED) is 0.927. The third-order valence-electron chi connectivity index (χ3n) is 4.55. The van der Waals surface area contributed by atoms with Crippen LogP contribution in [0.15, 0.2) is 42.6 Å². The zero-order chi connectivity index (χ0) is 17.8. The third-order valence-corrected chi connectivity index (χ3v) is 4.55. The van der Waals surface area contributed by atoms with E-state index in [9.17, 15) is 9.18 Å². The van der Waals surface area contributed by atoms with Gasteiger partial charge >= 0.3 is 0 Å². The van der Waals surface area contributed by atoms with Crippen LogP contribution in [0.4, 0.5) is 10.2 Å². The van der Waals surface area contributed by atoms with Crippen molar-refractivity contribution in [3.63, 3.8) is 0 Å². The second-order valence-electron chi connectivity index (χ2n) is 6.44. The number of hydrogen-bond acceptors (Lipinski definition) is 4. The normalized spacial score (nSPS) is 16.5. The number of benzene rings is 1. The van der Waals surface area contributed by atoms with E-state index >= 15 is 0 Å². The molecule has 0 aliphatic carbocycles. The maximum absolute atomic E-state index is 13.0. The Labute approximate surface area is 147 Å². The van der Waals surface area contributed by atoms with E-state index in [1.54, 1.807) is 24.4 Å². The van der Waals surface area contributed by atoms with E-state index in [2.05, 4.69) is 27.1 Å². The summed E-state index contributed by atoms with van der Waals surface area (Å²) in [6.07, 6.45) is 1.67. The van der Waals surface area contributed by atoms with Crippen molar-refractivity contribution in [2.45, 2.75) is 13.0 Å². The molecule has 2 aromatic rings. The van der Waals surface area contributed by atoms with Crippen molar-refractivity contribution in [2.75, 3.05) is 38.1 Å². The molecular formula is C19H23FN4O. The molecule has 1 aromatic carbocycles. The van der Waals surface area contributed by atoms with E-state index in [0.717, 1.165) is 37.6 Å². The van der Waals surface area contributed by atoms with Gasteiger partial charge in [0.25, 0.3) is 5.91 Å². The molecule has 1 aromatic heterocycles. The van der Waals surface area contributed by atoms with Gasteiger partial charge in [-0.1, -0.05) is 12.1 Å². The fraction of sp³-hybridized carbons (Fsp3) is 0.368. The van der Waals surface area contributed by atoms with Gasteiger partial charge in [-0.3, -0.25) is 4.79 Å². The maximum atomic E-state index is 13.0. The molecule has 6 heteroatoms. The molecule has 0 unspecified atom stereocenters. The Bertz CT molecular complexity index is 726. The second kappa shape index (κ2) is 7.61. The van der Waals surface area contributed by atoms with Gasteiger partial charge in [-0.15, -0.1) is 0 Å². The number of carbonyl (C=O) groups excluding carboxylic acids is 1. The smallest absolute Gasteiger partial charge is 0.251 e. The summed E-state index contributed by atoms with van der Waals surface area (Å²) in [6.45, 7) is 5.66. The highest BCUT2D eigenvalue weighted by atomic mass is 19.1. The molecule has 1 saturated heterocycles. The minimum absolute atomic E-state index is 0.158. The van der Waals surface area contributed by atoms with Gasteiger partial charge in [0, 0.05) is 37.9 Å². The first kappa shape index (κ1) is 17.4. The van der Waals surface area contributed by atoms with Gasteiger partial charge in [-0.25, -0.2) is 9.37 Å². The van der Waals surface area contributed by atoms with Crippen molar-refractivity contribution >= 4 is 11.7 Å². The molecule has 1 atom stereocenters. The minimum Gasteiger partial charge on any atom is -0.354 e. The maximum Gasteiger partial charge on any atom is 0.251 e. The Kier molecular flexibility index (Phi) is 5.28. The number of aromatic nitrogens is 1. The minimum atomic E-state index is -0.284. The molecule has 5 nitrogen and oxygen atoms in total. The van der Waals surface area contributed by atoms with Crippen LogP contribution in [0, 0.1) is 5.82 Å². The van der Waals surface area contributed by atoms with E-state index in [4.69, 9.17) is 0 Å². The van der Waals surface area contributed by atoms with Crippen LogP contribution >= 0.6 is 0 Å². The molecule has 0 spiro atoms. The van der Waals surface area contributed by atoms with Gasteiger partial charge in [0.05, 0.1) is 6.04 Å². The van der Waals surface area contributed by atoms with Gasteiger partial charge in [-0.05, 0) is 43.8 Å². The van der Waals surface area contributed by atoms with Crippen molar-refractivity contribution in [1.29, 1.82) is 0 Å². The summed E-state index contributed by atoms with van der Waals surface area (Å²) in [7, 11) is 2.10. The number of piperazine rings is 1. The van der Waals surface area contributed by atoms with Crippen molar-refractivity contribution in [1.82, 2.24) is 15.2 Å². The second-order valence-corrected chi connectivity index (χ2v) is 6.44. The first-order chi connectivity index (χ1) is 12.0. The summed E-state index contributed by atoms with van der Waals surface area (Å²) in [4.78, 5) is 21.4. The van der Waals surface area contributed by atoms with Gasteiger partial charge in [0.15, 0.2) is 0 Å². The molecule has 3 rings (SSSR count). The van der Waals surface area contributed by atoms with Crippen molar-refractivity contribution < 1.29 is 9.18 Å². The van der Waals surface area contributed by atoms with Gasteiger partial charge < -0.3 is 15.1 Å². The number of anilines is 1. The number of carbonyl (C=O) groups is 1. The predicted molar refractivity (Wildman–Crippen MR) is 96.2 cm³/mol. The van der Waals surface area contributed by atoms with Crippen molar-refractivity contribution in [3.8, 4) is 0 Å². The summed E-state index contributed by atoms with van der Waals surface area (Å²) in [5, 5.41) is 2.95. The Morgan fingerprint density at radius 3 is 2.52 bits per heavy atom. The third kappa shape index (κ3) is 4.33. The molecule has 1 N–H and O–H groups in total. The molecular weight excluding hydrogens is 319 g/mol. The summed E-state index contributed by atoms with van der Waals surface area (Å²) < 4.78 is 13.0. The number of nitrogens with one attached hydrogen (secondary N) is 1. The fourth-order valence-electron chi connectivity index (χ4n) is 2.88. The van der Waals surface area contributed by atoms with E-state index in [0.29, 0.717) is 5.56 Å². The summed E-state index contributed by atoms with van der Waals surface area (Å²) in [5.74, 6) is 0.387. The van der Waals surface area contributed by atoms with Gasteiger partial charge in [-0.2, -0.15) is 0 Å². The number of halogens is 1. The zero-order valence-corrected chi connectivity index (χ0v) is 14.6. The predicted octanol–water partition coefficient (Wildman–Crippen LogP) is 2.46. The number of amides is 1. The monoisotopic (exact) mass is 342 g/mol. The van der Waals surface area contributed by atoms with Crippen LogP contribution in [0.25, 0.3) is 0 Å². The Morgan fingerprint density at radius 2 is 1.84 bits per heavy atom. The summed E-state index contributed by atoms with van der Waals surface area (Å²) in [6, 6.07) is 9.51. The van der Waals surface area contributed by atoms with Crippen LogP contribution in [0.2, 0.25) is 0 Å². The number of likely N-dealkylation sites (N-methyl/N-ethyl adjacent to an activating group) is 1. The first-order valence-corrected chi connectivity index (χ1v) is 8.49. The SMILES string of the molecule is C[C@@H](NC(=O)c1ccnc(N2CCN(C)CC2)c1)c1ccc(F)cc1. The number of rotatable bonds is 4. The standard InChI is InChI=1S/C19H23FN4O/c1-14(15-3-5-17(20)6-4-15)22-19(25)16-7-8-21-18(13-16)24-11-9-23(2)10-12-24/h3-8,13-14H,9-12H2,1-2H3,(H,22,25)/t14-/m1/s1. The number of pyridine rings is 1. The van der Waals surface area contributed by atoms with Crippen LogP contribution in [-0.4, -0.2) is 49.0 Å². The molecule has 1 fully saturated rings.